The summed E-state index contributed by atoms with van der Waals surface area (Å²) in [6.07, 6.45) is -0.0780. The molecule has 1 aliphatic rings. The number of hydrogen-bond acceptors (Lipinski definition) is 5. The number of rotatable bonds is 13. The van der Waals surface area contributed by atoms with Gasteiger partial charge in [0, 0.05) is 44.7 Å². The monoisotopic (exact) mass is 655 g/mol. The van der Waals surface area contributed by atoms with E-state index in [-0.39, 0.29) is 24.8 Å². The van der Waals surface area contributed by atoms with Crippen LogP contribution in [0.2, 0.25) is 0 Å². The van der Waals surface area contributed by atoms with Gasteiger partial charge < -0.3 is 25.2 Å². The van der Waals surface area contributed by atoms with E-state index in [2.05, 4.69) is 125 Å². The summed E-state index contributed by atoms with van der Waals surface area (Å²) in [6.45, 7) is 5.31. The van der Waals surface area contributed by atoms with Crippen LogP contribution in [0, 0.1) is 0 Å². The van der Waals surface area contributed by atoms with Crippen LogP contribution >= 0.6 is 0 Å². The quantitative estimate of drug-likeness (QED) is 0.120. The first kappa shape index (κ1) is 34.1. The predicted molar refractivity (Wildman–Crippen MR) is 193 cm³/mol. The molecule has 5 aromatic rings. The number of urea groups is 1. The third kappa shape index (κ3) is 9.65. The number of hydrogen-bond donors (Lipinski definition) is 3. The average molecular weight is 656 g/mol. The van der Waals surface area contributed by atoms with Crippen LogP contribution in [-0.2, 0) is 35.7 Å². The van der Waals surface area contributed by atoms with Gasteiger partial charge in [-0.3, -0.25) is 4.90 Å². The maximum absolute atomic E-state index is 11.9. The zero-order valence-electron chi connectivity index (χ0n) is 28.0. The molecule has 0 aliphatic carbocycles. The molecule has 2 amide bonds. The number of carbonyl (C=O) groups is 1. The smallest absolute Gasteiger partial charge is 0.315 e. The largest absolute Gasteiger partial charge is 0.392 e. The lowest BCUT2D eigenvalue weighted by molar-refractivity contribution is -0.253. The Morgan fingerprint density at radius 1 is 0.694 bits per heavy atom. The normalized spacial score (nSPS) is 17.5. The maximum atomic E-state index is 11.9. The van der Waals surface area contributed by atoms with E-state index in [1.165, 1.54) is 11.1 Å². The Morgan fingerprint density at radius 3 is 1.96 bits per heavy atom. The van der Waals surface area contributed by atoms with Gasteiger partial charge >= 0.3 is 6.03 Å². The highest BCUT2D eigenvalue weighted by atomic mass is 16.7. The summed E-state index contributed by atoms with van der Waals surface area (Å²) in [5, 5.41) is 15.3. The number of carbonyl (C=O) groups excluding carboxylic acids is 1. The van der Waals surface area contributed by atoms with Crippen molar-refractivity contribution in [2.45, 2.75) is 58.1 Å². The van der Waals surface area contributed by atoms with Gasteiger partial charge in [-0.2, -0.15) is 0 Å². The molecule has 1 fully saturated rings. The number of aliphatic hydroxyl groups is 1. The molecule has 0 aromatic heterocycles. The molecule has 5 aromatic carbocycles. The fourth-order valence-electron chi connectivity index (χ4n) is 6.29. The van der Waals surface area contributed by atoms with Crippen molar-refractivity contribution in [1.82, 2.24) is 15.5 Å². The van der Waals surface area contributed by atoms with Crippen molar-refractivity contribution < 1.29 is 19.4 Å². The van der Waals surface area contributed by atoms with Crippen molar-refractivity contribution in [3.63, 3.8) is 0 Å². The third-order valence-electron chi connectivity index (χ3n) is 8.81. The summed E-state index contributed by atoms with van der Waals surface area (Å²) < 4.78 is 13.4. The van der Waals surface area contributed by atoms with Crippen molar-refractivity contribution in [1.29, 1.82) is 0 Å². The Hall–Kier alpha value is -4.79. The number of amides is 2. The Kier molecular flexibility index (Phi) is 11.9. The second-order valence-electron chi connectivity index (χ2n) is 12.5. The lowest BCUT2D eigenvalue weighted by Crippen LogP contribution is -2.39. The molecule has 49 heavy (non-hydrogen) atoms. The van der Waals surface area contributed by atoms with E-state index >= 15 is 0 Å². The summed E-state index contributed by atoms with van der Waals surface area (Å²) in [5.41, 5.74) is 8.60. The van der Waals surface area contributed by atoms with Gasteiger partial charge in [-0.25, -0.2) is 4.79 Å². The SMILES string of the molecule is CCNC(=O)NCc1cccc(-c2ccc([C@@H]3O[C@H](CN(Cc4ccccc4)Cc4ccccc4)C[C@H](c4ccc(CO)cc4)O3)cc2)c1. The molecule has 3 atom stereocenters. The molecule has 0 bridgehead atoms. The minimum atomic E-state index is -0.543. The van der Waals surface area contributed by atoms with Crippen molar-refractivity contribution in [3.8, 4) is 11.1 Å². The van der Waals surface area contributed by atoms with Crippen LogP contribution in [0.1, 0.15) is 59.1 Å². The molecule has 0 spiro atoms. The first-order valence-corrected chi connectivity index (χ1v) is 17.1. The fraction of sp³-hybridized carbons (Fsp3) is 0.262. The standard InChI is InChI=1S/C42H45N3O4/c1-2-43-42(47)44-26-34-14-9-15-38(24-34)35-20-22-37(23-21-35)41-48-39(25-40(49-41)36-18-16-33(30-46)17-19-36)29-45(27-31-10-5-3-6-11-31)28-32-12-7-4-8-13-32/h3-24,39-41,46H,2,25-30H2,1H3,(H2,43,44,47)/t39-,40+,41+/m0/s1. The van der Waals surface area contributed by atoms with Gasteiger partial charge in [-0.05, 0) is 51.9 Å². The summed E-state index contributed by atoms with van der Waals surface area (Å²) in [5.74, 6) is 0. The number of nitrogens with zero attached hydrogens (tertiary/aromatic N) is 1. The number of nitrogens with one attached hydrogen (secondary N) is 2. The molecule has 1 saturated heterocycles. The van der Waals surface area contributed by atoms with Crippen LogP contribution in [0.25, 0.3) is 11.1 Å². The maximum Gasteiger partial charge on any atom is 0.315 e. The molecule has 1 aliphatic heterocycles. The fourth-order valence-corrected chi connectivity index (χ4v) is 6.29. The summed E-state index contributed by atoms with van der Waals surface area (Å²) in [7, 11) is 0. The highest BCUT2D eigenvalue weighted by molar-refractivity contribution is 5.74. The minimum Gasteiger partial charge on any atom is -0.392 e. The topological polar surface area (TPSA) is 83.1 Å². The predicted octanol–water partition coefficient (Wildman–Crippen LogP) is 7.91. The average Bonchev–Trinajstić information content (AvgIpc) is 3.15. The zero-order chi connectivity index (χ0) is 33.8. The molecule has 0 unspecified atom stereocenters. The van der Waals surface area contributed by atoms with E-state index in [9.17, 15) is 9.90 Å². The number of benzene rings is 5. The highest BCUT2D eigenvalue weighted by Crippen LogP contribution is 2.39. The molecular weight excluding hydrogens is 610 g/mol. The summed E-state index contributed by atoms with van der Waals surface area (Å²) >= 11 is 0. The van der Waals surface area contributed by atoms with Gasteiger partial charge in [0.25, 0.3) is 0 Å². The molecule has 6 rings (SSSR count). The number of aliphatic hydroxyl groups excluding tert-OH is 1. The van der Waals surface area contributed by atoms with Gasteiger partial charge in [0.2, 0.25) is 0 Å². The van der Waals surface area contributed by atoms with Gasteiger partial charge in [-0.15, -0.1) is 0 Å². The van der Waals surface area contributed by atoms with Crippen LogP contribution < -0.4 is 10.6 Å². The van der Waals surface area contributed by atoms with Crippen molar-refractivity contribution >= 4 is 6.03 Å². The molecule has 252 valence electrons. The van der Waals surface area contributed by atoms with E-state index < -0.39 is 6.29 Å². The van der Waals surface area contributed by atoms with Gasteiger partial charge in [-0.1, -0.05) is 127 Å². The van der Waals surface area contributed by atoms with Crippen LogP contribution in [-0.4, -0.2) is 35.2 Å². The first-order valence-electron chi connectivity index (χ1n) is 17.1. The lowest BCUT2D eigenvalue weighted by Gasteiger charge is -2.38. The molecule has 0 saturated carbocycles. The summed E-state index contributed by atoms with van der Waals surface area (Å²) in [6, 6.07) is 45.6. The lowest BCUT2D eigenvalue weighted by atomic mass is 9.98. The second kappa shape index (κ2) is 17.0. The molecule has 7 nitrogen and oxygen atoms in total. The molecule has 1 heterocycles. The molecule has 0 radical (unpaired) electrons. The van der Waals surface area contributed by atoms with Crippen molar-refractivity contribution in [3.05, 3.63) is 167 Å². The Balaban J connectivity index is 1.22. The number of ether oxygens (including phenoxy) is 2. The Bertz CT molecular complexity index is 1710. The molecule has 3 N–H and O–H groups in total. The molecular formula is C42H45N3O4. The van der Waals surface area contributed by atoms with Gasteiger partial charge in [0.1, 0.15) is 0 Å². The molecule has 7 heteroatoms. The highest BCUT2D eigenvalue weighted by Gasteiger charge is 2.33. The van der Waals surface area contributed by atoms with Crippen LogP contribution in [0.15, 0.2) is 133 Å². The van der Waals surface area contributed by atoms with Crippen LogP contribution in [0.3, 0.4) is 0 Å². The van der Waals surface area contributed by atoms with E-state index in [1.807, 2.05) is 31.2 Å². The van der Waals surface area contributed by atoms with E-state index in [0.29, 0.717) is 19.5 Å². The van der Waals surface area contributed by atoms with E-state index in [4.69, 9.17) is 9.47 Å². The van der Waals surface area contributed by atoms with Crippen molar-refractivity contribution in [2.75, 3.05) is 13.1 Å². The van der Waals surface area contributed by atoms with Crippen molar-refractivity contribution in [2.24, 2.45) is 0 Å². The van der Waals surface area contributed by atoms with Gasteiger partial charge in [0.05, 0.1) is 18.8 Å². The van der Waals surface area contributed by atoms with Gasteiger partial charge in [0.15, 0.2) is 6.29 Å². The van der Waals surface area contributed by atoms with E-state index in [1.54, 1.807) is 0 Å². The van der Waals surface area contributed by atoms with Crippen LogP contribution in [0.5, 0.6) is 0 Å². The Labute approximate surface area is 289 Å². The second-order valence-corrected chi connectivity index (χ2v) is 12.5. The minimum absolute atomic E-state index is 0.00799. The Morgan fingerprint density at radius 2 is 1.33 bits per heavy atom. The zero-order valence-corrected chi connectivity index (χ0v) is 28.0. The van der Waals surface area contributed by atoms with E-state index in [0.717, 1.165) is 53.0 Å². The first-order chi connectivity index (χ1) is 24.1. The summed E-state index contributed by atoms with van der Waals surface area (Å²) in [4.78, 5) is 14.3. The van der Waals surface area contributed by atoms with Crippen LogP contribution in [0.4, 0.5) is 4.79 Å². The third-order valence-corrected chi connectivity index (χ3v) is 8.81.